The number of hydrogen-bond donors (Lipinski definition) is 1. The summed E-state index contributed by atoms with van der Waals surface area (Å²) in [7, 11) is 0.152. The van der Waals surface area contributed by atoms with Gasteiger partial charge < -0.3 is 24.1 Å². The molecule has 2 aliphatic heterocycles. The van der Waals surface area contributed by atoms with E-state index in [2.05, 4.69) is 32.3 Å². The standard InChI is InChI=1S/C27H34N6O6S2/c1-32-11-13-33(14-12-32)23-9-8-22-26(29-23)40-27(28-22)30-25(34)24(31-39-20-10-16-38-18-20)19-4-6-21(7-5-19)41(35,36)17-3-15-37-2/h4-9,20H,3,10-18H2,1-2H3,(H,28,30,34)/b31-24+/t20-/m1/s1. The lowest BCUT2D eigenvalue weighted by molar-refractivity contribution is -0.110. The number of pyridine rings is 1. The second-order valence-electron chi connectivity index (χ2n) is 9.98. The summed E-state index contributed by atoms with van der Waals surface area (Å²) in [5, 5.41) is 7.37. The van der Waals surface area contributed by atoms with E-state index >= 15 is 0 Å². The first-order chi connectivity index (χ1) is 19.8. The number of anilines is 2. The molecule has 220 valence electrons. The lowest BCUT2D eigenvalue weighted by atomic mass is 10.1. The van der Waals surface area contributed by atoms with Crippen LogP contribution in [-0.2, 0) is 28.9 Å². The Hall–Kier alpha value is -3.17. The highest BCUT2D eigenvalue weighted by Gasteiger charge is 2.23. The SMILES string of the molecule is COCCCS(=O)(=O)c1ccc(/C(=N\O[C@@H]2CCOC2)C(=O)Nc2nc3ccc(N4CCN(C)CC4)nc3s2)cc1. The molecule has 14 heteroatoms. The van der Waals surface area contributed by atoms with Crippen molar-refractivity contribution in [2.45, 2.75) is 23.8 Å². The fourth-order valence-corrected chi connectivity index (χ4v) is 6.62. The second-order valence-corrected chi connectivity index (χ2v) is 13.1. The molecule has 1 atom stereocenters. The Balaban J connectivity index is 1.34. The lowest BCUT2D eigenvalue weighted by Crippen LogP contribution is -2.44. The maximum absolute atomic E-state index is 13.4. The maximum atomic E-state index is 13.4. The van der Waals surface area contributed by atoms with Crippen molar-refractivity contribution in [2.24, 2.45) is 5.16 Å². The number of aromatic nitrogens is 2. The summed E-state index contributed by atoms with van der Waals surface area (Å²) < 4.78 is 35.6. The third-order valence-electron chi connectivity index (χ3n) is 6.93. The number of thiazole rings is 1. The molecular weight excluding hydrogens is 568 g/mol. The predicted molar refractivity (Wildman–Crippen MR) is 158 cm³/mol. The number of benzene rings is 1. The predicted octanol–water partition coefficient (Wildman–Crippen LogP) is 2.40. The van der Waals surface area contributed by atoms with Crippen LogP contribution in [0.5, 0.6) is 0 Å². The van der Waals surface area contributed by atoms with E-state index in [-0.39, 0.29) is 22.5 Å². The van der Waals surface area contributed by atoms with Crippen molar-refractivity contribution in [3.05, 3.63) is 42.0 Å². The normalized spacial score (nSPS) is 18.6. The minimum absolute atomic E-state index is 0.00516. The molecule has 0 bridgehead atoms. The zero-order valence-electron chi connectivity index (χ0n) is 23.1. The number of likely N-dealkylation sites (N-methyl/N-ethyl adjacent to an activating group) is 1. The van der Waals surface area contributed by atoms with Gasteiger partial charge in [-0.1, -0.05) is 28.6 Å². The smallest absolute Gasteiger partial charge is 0.280 e. The molecule has 2 aromatic heterocycles. The Labute approximate surface area is 243 Å². The Bertz CT molecular complexity index is 1480. The number of hydrogen-bond acceptors (Lipinski definition) is 12. The molecule has 1 amide bonds. The molecule has 5 rings (SSSR count). The van der Waals surface area contributed by atoms with Crippen LogP contribution >= 0.6 is 11.3 Å². The van der Waals surface area contributed by atoms with E-state index in [9.17, 15) is 13.2 Å². The number of piperazine rings is 1. The van der Waals surface area contributed by atoms with Crippen molar-refractivity contribution in [3.8, 4) is 0 Å². The van der Waals surface area contributed by atoms with Gasteiger partial charge in [0.15, 0.2) is 26.8 Å². The summed E-state index contributed by atoms with van der Waals surface area (Å²) in [6, 6.07) is 9.91. The summed E-state index contributed by atoms with van der Waals surface area (Å²) in [4.78, 5) is 33.8. The van der Waals surface area contributed by atoms with Crippen molar-refractivity contribution in [3.63, 3.8) is 0 Å². The summed E-state index contributed by atoms with van der Waals surface area (Å²) in [5.74, 6) is 0.325. The molecule has 2 saturated heterocycles. The minimum atomic E-state index is -3.49. The van der Waals surface area contributed by atoms with E-state index in [0.717, 1.165) is 36.8 Å². The van der Waals surface area contributed by atoms with Gasteiger partial charge in [-0.15, -0.1) is 0 Å². The van der Waals surface area contributed by atoms with Gasteiger partial charge in [0.2, 0.25) is 0 Å². The molecule has 0 aliphatic carbocycles. The number of rotatable bonds is 11. The number of carbonyl (C=O) groups excluding carboxylic acids is 1. The van der Waals surface area contributed by atoms with Crippen LogP contribution in [0.1, 0.15) is 18.4 Å². The number of nitrogens with one attached hydrogen (secondary N) is 1. The first-order valence-corrected chi connectivity index (χ1v) is 16.0. The fourth-order valence-electron chi connectivity index (χ4n) is 4.51. The van der Waals surface area contributed by atoms with E-state index < -0.39 is 15.7 Å². The van der Waals surface area contributed by atoms with Crippen LogP contribution in [0.4, 0.5) is 10.9 Å². The van der Waals surface area contributed by atoms with E-state index in [4.69, 9.17) is 19.3 Å². The van der Waals surface area contributed by atoms with Gasteiger partial charge >= 0.3 is 0 Å². The van der Waals surface area contributed by atoms with Gasteiger partial charge in [-0.3, -0.25) is 10.1 Å². The maximum Gasteiger partial charge on any atom is 0.280 e. The molecule has 1 N–H and O–H groups in total. The number of amides is 1. The number of methoxy groups -OCH3 is 1. The Morgan fingerprint density at radius 2 is 1.93 bits per heavy atom. The van der Waals surface area contributed by atoms with E-state index in [1.54, 1.807) is 12.1 Å². The highest BCUT2D eigenvalue weighted by molar-refractivity contribution is 7.91. The first kappa shape index (κ1) is 29.3. The number of sulfone groups is 1. The van der Waals surface area contributed by atoms with E-state index in [1.165, 1.54) is 30.6 Å². The minimum Gasteiger partial charge on any atom is -0.389 e. The quantitative estimate of drug-likeness (QED) is 0.198. The van der Waals surface area contributed by atoms with Crippen molar-refractivity contribution < 1.29 is 27.5 Å². The Kier molecular flexibility index (Phi) is 9.45. The topological polar surface area (TPSA) is 136 Å². The third kappa shape index (κ3) is 7.38. The van der Waals surface area contributed by atoms with Gasteiger partial charge in [0.25, 0.3) is 5.91 Å². The van der Waals surface area contributed by atoms with Crippen LogP contribution in [0.15, 0.2) is 46.4 Å². The van der Waals surface area contributed by atoms with Crippen LogP contribution < -0.4 is 10.2 Å². The number of nitrogens with zero attached hydrogens (tertiary/aromatic N) is 5. The van der Waals surface area contributed by atoms with Crippen molar-refractivity contribution in [2.75, 3.05) is 76.1 Å². The largest absolute Gasteiger partial charge is 0.389 e. The van der Waals surface area contributed by atoms with Crippen molar-refractivity contribution >= 4 is 54.1 Å². The molecule has 0 saturated carbocycles. The molecule has 0 radical (unpaired) electrons. The number of carbonyl (C=O) groups is 1. The van der Waals surface area contributed by atoms with Crippen LogP contribution in [0.3, 0.4) is 0 Å². The lowest BCUT2D eigenvalue weighted by Gasteiger charge is -2.33. The second kappa shape index (κ2) is 13.2. The van der Waals surface area contributed by atoms with E-state index in [0.29, 0.717) is 48.9 Å². The summed E-state index contributed by atoms with van der Waals surface area (Å²) >= 11 is 1.28. The number of oxime groups is 1. The Morgan fingerprint density at radius 1 is 1.15 bits per heavy atom. The molecular formula is C27H34N6O6S2. The average molecular weight is 603 g/mol. The van der Waals surface area contributed by atoms with Crippen LogP contribution in [0, 0.1) is 0 Å². The molecule has 0 unspecified atom stereocenters. The highest BCUT2D eigenvalue weighted by Crippen LogP contribution is 2.27. The van der Waals surface area contributed by atoms with Gasteiger partial charge in [-0.05, 0) is 37.7 Å². The molecule has 2 aliphatic rings. The summed E-state index contributed by atoms with van der Waals surface area (Å²) in [5.41, 5.74) is 1.10. The zero-order valence-corrected chi connectivity index (χ0v) is 24.7. The zero-order chi connectivity index (χ0) is 28.8. The van der Waals surface area contributed by atoms with Gasteiger partial charge in [0, 0.05) is 51.9 Å². The molecule has 4 heterocycles. The van der Waals surface area contributed by atoms with Crippen LogP contribution in [0.25, 0.3) is 10.3 Å². The van der Waals surface area contributed by atoms with Gasteiger partial charge in [0.05, 0.1) is 23.9 Å². The highest BCUT2D eigenvalue weighted by atomic mass is 32.2. The first-order valence-electron chi connectivity index (χ1n) is 13.5. The molecule has 41 heavy (non-hydrogen) atoms. The van der Waals surface area contributed by atoms with E-state index in [1.807, 2.05) is 12.1 Å². The van der Waals surface area contributed by atoms with Crippen LogP contribution in [0.2, 0.25) is 0 Å². The van der Waals surface area contributed by atoms with Gasteiger partial charge in [-0.25, -0.2) is 18.4 Å². The molecule has 1 aromatic carbocycles. The summed E-state index contributed by atoms with van der Waals surface area (Å²) in [6.07, 6.45) is 0.787. The monoisotopic (exact) mass is 602 g/mol. The molecule has 2 fully saturated rings. The average Bonchev–Trinajstić information content (AvgIpc) is 3.63. The number of fused-ring (bicyclic) bond motifs is 1. The molecule has 12 nitrogen and oxygen atoms in total. The number of ether oxygens (including phenoxy) is 2. The third-order valence-corrected chi connectivity index (χ3v) is 9.63. The van der Waals surface area contributed by atoms with Crippen LogP contribution in [-0.4, -0.2) is 107 Å². The van der Waals surface area contributed by atoms with Gasteiger partial charge in [-0.2, -0.15) is 0 Å². The van der Waals surface area contributed by atoms with Crippen molar-refractivity contribution in [1.82, 2.24) is 14.9 Å². The summed E-state index contributed by atoms with van der Waals surface area (Å²) in [6.45, 7) is 5.05. The molecule has 0 spiro atoms. The van der Waals surface area contributed by atoms with Gasteiger partial charge in [0.1, 0.15) is 16.2 Å². The molecule has 3 aromatic rings. The fraction of sp³-hybridized carbons (Fsp3) is 0.481. The Morgan fingerprint density at radius 3 is 2.63 bits per heavy atom. The van der Waals surface area contributed by atoms with Crippen molar-refractivity contribution in [1.29, 1.82) is 0 Å².